The lowest BCUT2D eigenvalue weighted by atomic mass is 10.0. The summed E-state index contributed by atoms with van der Waals surface area (Å²) in [6, 6.07) is 15.2. The van der Waals surface area contributed by atoms with Crippen LogP contribution in [0.1, 0.15) is 28.4 Å². The lowest BCUT2D eigenvalue weighted by Gasteiger charge is -2.32. The molecule has 1 atom stereocenters. The molecule has 0 bridgehead atoms. The molecule has 1 unspecified atom stereocenters. The number of hydrogen-bond donors (Lipinski definition) is 0. The molecule has 116 valence electrons. The Labute approximate surface area is 135 Å². The molecule has 0 spiro atoms. The Kier molecular flexibility index (Phi) is 3.21. The molecule has 2 aromatic carbocycles. The van der Waals surface area contributed by atoms with Crippen LogP contribution in [0.25, 0.3) is 0 Å². The number of fused-ring (bicyclic) bond motifs is 3. The summed E-state index contributed by atoms with van der Waals surface area (Å²) in [5, 5.41) is 0. The predicted molar refractivity (Wildman–Crippen MR) is 86.5 cm³/mol. The largest absolute Gasteiger partial charge is 0.289 e. The first-order chi connectivity index (χ1) is 11.1. The molecule has 0 fully saturated rings. The van der Waals surface area contributed by atoms with Crippen molar-refractivity contribution in [3.63, 3.8) is 0 Å². The van der Waals surface area contributed by atoms with Crippen molar-refractivity contribution < 1.29 is 13.2 Å². The van der Waals surface area contributed by atoms with E-state index in [-0.39, 0.29) is 10.7 Å². The minimum atomic E-state index is -3.64. The van der Waals surface area contributed by atoms with E-state index in [0.717, 1.165) is 5.56 Å². The van der Waals surface area contributed by atoms with Gasteiger partial charge in [-0.2, -0.15) is 4.31 Å². The van der Waals surface area contributed by atoms with E-state index >= 15 is 0 Å². The van der Waals surface area contributed by atoms with Gasteiger partial charge in [0.15, 0.2) is 5.78 Å². The number of carbonyl (C=O) groups is 1. The summed E-state index contributed by atoms with van der Waals surface area (Å²) in [5.74, 6) is -0.0569. The summed E-state index contributed by atoms with van der Waals surface area (Å²) in [7, 11) is -3.64. The molecular formula is C18H15NO3S. The number of benzene rings is 2. The van der Waals surface area contributed by atoms with E-state index in [9.17, 15) is 13.2 Å². The maximum atomic E-state index is 13.0. The number of Topliss-reactive ketones (excluding diaryl/α,β-unsaturated/α-hetero) is 1. The zero-order valence-electron chi connectivity index (χ0n) is 12.3. The normalized spacial score (nSPS) is 20.8. The highest BCUT2D eigenvalue weighted by molar-refractivity contribution is 7.89. The fourth-order valence-corrected chi connectivity index (χ4v) is 4.99. The highest BCUT2D eigenvalue weighted by Crippen LogP contribution is 2.44. The Morgan fingerprint density at radius 3 is 2.43 bits per heavy atom. The minimum Gasteiger partial charge on any atom is -0.289 e. The molecule has 5 heteroatoms. The third-order valence-electron chi connectivity index (χ3n) is 4.41. The van der Waals surface area contributed by atoms with Crippen molar-refractivity contribution in [1.29, 1.82) is 0 Å². The van der Waals surface area contributed by atoms with Crippen LogP contribution >= 0.6 is 0 Å². The van der Waals surface area contributed by atoms with E-state index in [0.29, 0.717) is 24.1 Å². The van der Waals surface area contributed by atoms with Gasteiger partial charge < -0.3 is 0 Å². The second-order valence-electron chi connectivity index (χ2n) is 5.70. The Morgan fingerprint density at radius 2 is 1.65 bits per heavy atom. The number of carbonyl (C=O) groups excluding carboxylic acids is 1. The molecule has 2 aromatic rings. The van der Waals surface area contributed by atoms with Crippen molar-refractivity contribution in [3.8, 4) is 0 Å². The van der Waals surface area contributed by atoms with Gasteiger partial charge >= 0.3 is 0 Å². The SMILES string of the molecule is O=C1C2=CCCN(S(=O)(=O)c3ccccc3)C2c2ccccc21. The number of nitrogens with zero attached hydrogens (tertiary/aromatic N) is 1. The molecular weight excluding hydrogens is 310 g/mol. The van der Waals surface area contributed by atoms with Gasteiger partial charge in [-0.1, -0.05) is 48.5 Å². The summed E-state index contributed by atoms with van der Waals surface area (Å²) in [6.45, 7) is 0.382. The van der Waals surface area contributed by atoms with Gasteiger partial charge in [0.25, 0.3) is 0 Å². The third kappa shape index (κ3) is 2.08. The van der Waals surface area contributed by atoms with Crippen LogP contribution in [0.4, 0.5) is 0 Å². The summed E-state index contributed by atoms with van der Waals surface area (Å²) in [5.41, 5.74) is 1.97. The molecule has 0 saturated heterocycles. The van der Waals surface area contributed by atoms with Crippen molar-refractivity contribution in [3.05, 3.63) is 77.4 Å². The molecule has 1 aliphatic carbocycles. The molecule has 0 N–H and O–H groups in total. The molecule has 1 heterocycles. The van der Waals surface area contributed by atoms with Crippen molar-refractivity contribution in [2.24, 2.45) is 0 Å². The predicted octanol–water partition coefficient (Wildman–Crippen LogP) is 2.95. The number of ketones is 1. The zero-order chi connectivity index (χ0) is 16.0. The molecule has 4 rings (SSSR count). The monoisotopic (exact) mass is 325 g/mol. The molecule has 23 heavy (non-hydrogen) atoms. The average molecular weight is 325 g/mol. The standard InChI is InChI=1S/C18H15NO3S/c20-18-15-10-5-4-9-14(15)17-16(18)11-6-12-19(17)23(21,22)13-7-2-1-3-8-13/h1-5,7-11,17H,6,12H2. The van der Waals surface area contributed by atoms with Crippen molar-refractivity contribution >= 4 is 15.8 Å². The smallest absolute Gasteiger partial charge is 0.243 e. The fourth-order valence-electron chi connectivity index (χ4n) is 3.37. The van der Waals surface area contributed by atoms with Gasteiger partial charge in [-0.15, -0.1) is 0 Å². The molecule has 2 aliphatic rings. The van der Waals surface area contributed by atoms with E-state index < -0.39 is 16.1 Å². The molecule has 0 saturated carbocycles. The number of rotatable bonds is 2. The van der Waals surface area contributed by atoms with Crippen LogP contribution in [0.3, 0.4) is 0 Å². The van der Waals surface area contributed by atoms with Crippen LogP contribution in [0.5, 0.6) is 0 Å². The summed E-state index contributed by atoms with van der Waals surface area (Å²) in [4.78, 5) is 12.8. The second kappa shape index (κ2) is 5.15. The lowest BCUT2D eigenvalue weighted by Crippen LogP contribution is -2.37. The average Bonchev–Trinajstić information content (AvgIpc) is 2.89. The Hall–Kier alpha value is -2.24. The Bertz CT molecular complexity index is 916. The van der Waals surface area contributed by atoms with Crippen molar-refractivity contribution in [2.45, 2.75) is 17.4 Å². The Morgan fingerprint density at radius 1 is 0.957 bits per heavy atom. The van der Waals surface area contributed by atoms with Gasteiger partial charge in [-0.05, 0) is 24.1 Å². The maximum Gasteiger partial charge on any atom is 0.243 e. The molecule has 0 amide bonds. The van der Waals surface area contributed by atoms with Gasteiger partial charge in [0.1, 0.15) is 0 Å². The molecule has 0 aromatic heterocycles. The van der Waals surface area contributed by atoms with Gasteiger partial charge in [-0.25, -0.2) is 8.42 Å². The molecule has 4 nitrogen and oxygen atoms in total. The highest BCUT2D eigenvalue weighted by atomic mass is 32.2. The van der Waals surface area contributed by atoms with E-state index in [4.69, 9.17) is 0 Å². The van der Waals surface area contributed by atoms with Gasteiger partial charge in [0.2, 0.25) is 10.0 Å². The summed E-state index contributed by atoms with van der Waals surface area (Å²) in [6.07, 6.45) is 2.43. The first-order valence-electron chi connectivity index (χ1n) is 7.51. The van der Waals surface area contributed by atoms with E-state index in [2.05, 4.69) is 0 Å². The second-order valence-corrected chi connectivity index (χ2v) is 7.59. The van der Waals surface area contributed by atoms with Gasteiger partial charge in [0, 0.05) is 17.7 Å². The van der Waals surface area contributed by atoms with Crippen LogP contribution in [0.2, 0.25) is 0 Å². The third-order valence-corrected chi connectivity index (χ3v) is 6.29. The van der Waals surface area contributed by atoms with Gasteiger partial charge in [-0.3, -0.25) is 4.79 Å². The minimum absolute atomic E-state index is 0.0569. The first kappa shape index (κ1) is 14.4. The summed E-state index contributed by atoms with van der Waals surface area (Å²) >= 11 is 0. The molecule has 0 radical (unpaired) electrons. The zero-order valence-corrected chi connectivity index (χ0v) is 13.2. The lowest BCUT2D eigenvalue weighted by molar-refractivity contribution is 0.103. The fraction of sp³-hybridized carbons (Fsp3) is 0.167. The highest BCUT2D eigenvalue weighted by Gasteiger charge is 2.44. The van der Waals surface area contributed by atoms with E-state index in [1.165, 1.54) is 4.31 Å². The van der Waals surface area contributed by atoms with Crippen LogP contribution < -0.4 is 0 Å². The van der Waals surface area contributed by atoms with E-state index in [1.807, 2.05) is 24.3 Å². The molecule has 1 aliphatic heterocycles. The van der Waals surface area contributed by atoms with Crippen molar-refractivity contribution in [1.82, 2.24) is 4.31 Å². The van der Waals surface area contributed by atoms with Crippen LogP contribution in [-0.4, -0.2) is 25.1 Å². The topological polar surface area (TPSA) is 54.5 Å². The first-order valence-corrected chi connectivity index (χ1v) is 8.95. The van der Waals surface area contributed by atoms with Crippen LogP contribution in [0.15, 0.2) is 71.1 Å². The van der Waals surface area contributed by atoms with Crippen molar-refractivity contribution in [2.75, 3.05) is 6.54 Å². The van der Waals surface area contributed by atoms with Crippen LogP contribution in [0, 0.1) is 0 Å². The van der Waals surface area contributed by atoms with E-state index in [1.54, 1.807) is 36.4 Å². The quantitative estimate of drug-likeness (QED) is 0.853. The maximum absolute atomic E-state index is 13.0. The van der Waals surface area contributed by atoms with Crippen LogP contribution in [-0.2, 0) is 10.0 Å². The number of hydrogen-bond acceptors (Lipinski definition) is 3. The Balaban J connectivity index is 1.87. The van der Waals surface area contributed by atoms with Gasteiger partial charge in [0.05, 0.1) is 10.9 Å². The summed E-state index contributed by atoms with van der Waals surface area (Å²) < 4.78 is 27.5. The number of sulfonamides is 1.